The van der Waals surface area contributed by atoms with Gasteiger partial charge in [0.15, 0.2) is 0 Å². The van der Waals surface area contributed by atoms with Crippen molar-refractivity contribution in [3.8, 4) is 5.75 Å². The summed E-state index contributed by atoms with van der Waals surface area (Å²) in [6, 6.07) is 0. The Bertz CT molecular complexity index is 1070. The van der Waals surface area contributed by atoms with Gasteiger partial charge in [0.2, 0.25) is 0 Å². The number of aromatic hydroxyl groups is 1. The van der Waals surface area contributed by atoms with E-state index in [1.54, 1.807) is 13.8 Å². The predicted molar refractivity (Wildman–Crippen MR) is 136 cm³/mol. The Labute approximate surface area is 209 Å². The van der Waals surface area contributed by atoms with E-state index in [0.717, 1.165) is 49.7 Å². The molecule has 2 saturated carbocycles. The summed E-state index contributed by atoms with van der Waals surface area (Å²) in [6.45, 7) is 15.8. The third-order valence-electron chi connectivity index (χ3n) is 9.12. The number of rotatable bonds is 7. The number of carbonyl (C=O) groups is 1. The number of fused-ring (bicyclic) bond motifs is 1. The first-order valence-electron chi connectivity index (χ1n) is 12.8. The van der Waals surface area contributed by atoms with E-state index in [1.165, 1.54) is 6.92 Å². The van der Waals surface area contributed by atoms with Crippen LogP contribution in [0.15, 0.2) is 33.0 Å². The molecule has 6 heteroatoms. The Hall–Kier alpha value is -2.34. The smallest absolute Gasteiger partial charge is 0.342 e. The lowest BCUT2D eigenvalue weighted by molar-refractivity contribution is -0.178. The molecule has 1 aromatic heterocycles. The molecule has 3 rings (SSSR count). The van der Waals surface area contributed by atoms with Crippen molar-refractivity contribution in [1.82, 2.24) is 0 Å². The molecule has 0 radical (unpaired) electrons. The number of aliphatic hydroxyl groups excluding tert-OH is 1. The molecule has 0 amide bonds. The maximum Gasteiger partial charge on any atom is 0.342 e. The topological polar surface area (TPSA) is 97.0 Å². The third-order valence-corrected chi connectivity index (χ3v) is 9.12. The molecule has 2 aliphatic rings. The fourth-order valence-corrected chi connectivity index (χ4v) is 6.92. The van der Waals surface area contributed by atoms with Gasteiger partial charge in [-0.25, -0.2) is 4.79 Å². The SMILES string of the molecule is C=C1CC[C@H]2[C@@](C)(CC[C@@H](OC(C)=O)[C@]2(C)CCC=C(C)CO)[C@@H]1Cc1c(O)c(C)c(C)oc1=O. The monoisotopic (exact) mass is 486 g/mol. The van der Waals surface area contributed by atoms with Crippen LogP contribution in [-0.2, 0) is 16.0 Å². The van der Waals surface area contributed by atoms with E-state index in [0.29, 0.717) is 23.3 Å². The maximum absolute atomic E-state index is 12.8. The van der Waals surface area contributed by atoms with Crippen LogP contribution in [0, 0.1) is 36.5 Å². The van der Waals surface area contributed by atoms with Crippen LogP contribution in [0.1, 0.15) is 83.1 Å². The number of aliphatic hydroxyl groups is 1. The van der Waals surface area contributed by atoms with E-state index < -0.39 is 5.63 Å². The number of allylic oxidation sites excluding steroid dienone is 2. The Morgan fingerprint density at radius 2 is 1.94 bits per heavy atom. The van der Waals surface area contributed by atoms with Gasteiger partial charge in [-0.15, -0.1) is 0 Å². The van der Waals surface area contributed by atoms with Crippen molar-refractivity contribution in [2.45, 2.75) is 92.6 Å². The van der Waals surface area contributed by atoms with Gasteiger partial charge < -0.3 is 19.4 Å². The number of ether oxygens (including phenoxy) is 1. The number of aryl methyl sites for hydroxylation is 1. The molecular formula is C29H42O6. The van der Waals surface area contributed by atoms with E-state index in [9.17, 15) is 19.8 Å². The van der Waals surface area contributed by atoms with Gasteiger partial charge in [0, 0.05) is 17.9 Å². The molecule has 5 atom stereocenters. The summed E-state index contributed by atoms with van der Waals surface area (Å²) >= 11 is 0. The fourth-order valence-electron chi connectivity index (χ4n) is 6.92. The second-order valence-corrected chi connectivity index (χ2v) is 11.3. The lowest BCUT2D eigenvalue weighted by Crippen LogP contribution is -2.57. The third kappa shape index (κ3) is 5.13. The van der Waals surface area contributed by atoms with Crippen molar-refractivity contribution in [2.24, 2.45) is 22.7 Å². The molecular weight excluding hydrogens is 444 g/mol. The second kappa shape index (κ2) is 10.3. The zero-order valence-electron chi connectivity index (χ0n) is 22.2. The van der Waals surface area contributed by atoms with E-state index in [1.807, 2.05) is 6.92 Å². The highest BCUT2D eigenvalue weighted by atomic mass is 16.5. The van der Waals surface area contributed by atoms with Crippen LogP contribution < -0.4 is 5.63 Å². The first-order chi connectivity index (χ1) is 16.3. The van der Waals surface area contributed by atoms with Gasteiger partial charge in [-0.2, -0.15) is 0 Å². The highest BCUT2D eigenvalue weighted by Crippen LogP contribution is 2.63. The number of esters is 1. The number of hydrogen-bond acceptors (Lipinski definition) is 6. The van der Waals surface area contributed by atoms with Crippen molar-refractivity contribution >= 4 is 5.97 Å². The minimum atomic E-state index is -0.481. The number of hydrogen-bond donors (Lipinski definition) is 2. The van der Waals surface area contributed by atoms with Crippen molar-refractivity contribution in [1.29, 1.82) is 0 Å². The summed E-state index contributed by atoms with van der Waals surface area (Å²) in [5, 5.41) is 20.2. The largest absolute Gasteiger partial charge is 0.507 e. The maximum atomic E-state index is 12.8. The Kier molecular flexibility index (Phi) is 8.05. The highest BCUT2D eigenvalue weighted by Gasteiger charge is 2.58. The van der Waals surface area contributed by atoms with Crippen LogP contribution in [0.4, 0.5) is 0 Å². The van der Waals surface area contributed by atoms with Gasteiger partial charge in [0.1, 0.15) is 17.6 Å². The summed E-state index contributed by atoms with van der Waals surface area (Å²) in [5.74, 6) is 0.444. The van der Waals surface area contributed by atoms with Crippen LogP contribution in [0.5, 0.6) is 5.75 Å². The van der Waals surface area contributed by atoms with Gasteiger partial charge >= 0.3 is 11.6 Å². The first kappa shape index (κ1) is 27.3. The molecule has 1 aromatic rings. The van der Waals surface area contributed by atoms with Gasteiger partial charge in [0.25, 0.3) is 0 Å². The average molecular weight is 487 g/mol. The fraction of sp³-hybridized carbons (Fsp3) is 0.655. The molecule has 2 aliphatic carbocycles. The van der Waals surface area contributed by atoms with Gasteiger partial charge in [-0.1, -0.05) is 37.6 Å². The minimum Gasteiger partial charge on any atom is -0.507 e. The van der Waals surface area contributed by atoms with E-state index in [4.69, 9.17) is 9.15 Å². The zero-order valence-corrected chi connectivity index (χ0v) is 22.2. The normalized spacial score (nSPS) is 31.2. The molecule has 1 heterocycles. The molecule has 194 valence electrons. The molecule has 0 aliphatic heterocycles. The molecule has 6 nitrogen and oxygen atoms in total. The minimum absolute atomic E-state index is 0.00415. The lowest BCUT2D eigenvalue weighted by Gasteiger charge is -2.61. The molecule has 0 unspecified atom stereocenters. The van der Waals surface area contributed by atoms with Crippen LogP contribution in [0.2, 0.25) is 0 Å². The molecule has 0 spiro atoms. The molecule has 35 heavy (non-hydrogen) atoms. The average Bonchev–Trinajstić information content (AvgIpc) is 2.78. The van der Waals surface area contributed by atoms with Crippen LogP contribution in [0.3, 0.4) is 0 Å². The summed E-state index contributed by atoms with van der Waals surface area (Å²) in [5.41, 5.74) is 2.04. The van der Waals surface area contributed by atoms with Crippen molar-refractivity contribution in [2.75, 3.05) is 6.61 Å². The van der Waals surface area contributed by atoms with Crippen LogP contribution in [0.25, 0.3) is 0 Å². The summed E-state index contributed by atoms with van der Waals surface area (Å²) in [4.78, 5) is 24.8. The molecule has 0 bridgehead atoms. The zero-order chi connectivity index (χ0) is 26.1. The molecule has 0 aromatic carbocycles. The van der Waals surface area contributed by atoms with E-state index in [2.05, 4.69) is 26.5 Å². The van der Waals surface area contributed by atoms with Crippen molar-refractivity contribution < 1.29 is 24.2 Å². The standard InChI is InChI=1S/C29H42O6/c1-17(16-30)9-8-13-29(7)24-11-10-18(2)23(28(24,6)14-12-25(29)35-21(5)31)15-22-26(32)19(3)20(4)34-27(22)33/h9,23-25,30,32H,2,8,10-16H2,1,3-7H3/t23-,24+,25-,28+,29-/m1/s1. The lowest BCUT2D eigenvalue weighted by atomic mass is 9.45. The second-order valence-electron chi connectivity index (χ2n) is 11.3. The highest BCUT2D eigenvalue weighted by molar-refractivity contribution is 5.66. The predicted octanol–water partition coefficient (Wildman–Crippen LogP) is 5.54. The van der Waals surface area contributed by atoms with Crippen molar-refractivity contribution in [3.05, 3.63) is 51.1 Å². The number of carbonyl (C=O) groups excluding carboxylic acids is 1. The van der Waals surface area contributed by atoms with Crippen LogP contribution in [-0.4, -0.2) is 28.9 Å². The van der Waals surface area contributed by atoms with E-state index >= 15 is 0 Å². The Morgan fingerprint density at radius 3 is 2.57 bits per heavy atom. The first-order valence-corrected chi connectivity index (χ1v) is 12.8. The van der Waals surface area contributed by atoms with E-state index in [-0.39, 0.29) is 47.1 Å². The quantitative estimate of drug-likeness (QED) is 0.388. The summed E-state index contributed by atoms with van der Waals surface area (Å²) in [7, 11) is 0. The molecule has 0 saturated heterocycles. The molecule has 2 N–H and O–H groups in total. The van der Waals surface area contributed by atoms with Gasteiger partial charge in [-0.3, -0.25) is 4.79 Å². The van der Waals surface area contributed by atoms with Gasteiger partial charge in [0.05, 0.1) is 12.2 Å². The Balaban J connectivity index is 2.01. The Morgan fingerprint density at radius 1 is 1.26 bits per heavy atom. The summed E-state index contributed by atoms with van der Waals surface area (Å²) in [6.07, 6.45) is 7.25. The summed E-state index contributed by atoms with van der Waals surface area (Å²) < 4.78 is 11.3. The molecule has 2 fully saturated rings. The van der Waals surface area contributed by atoms with Crippen LogP contribution >= 0.6 is 0 Å². The van der Waals surface area contributed by atoms with Gasteiger partial charge in [-0.05, 0) is 83.0 Å². The van der Waals surface area contributed by atoms with Crippen molar-refractivity contribution in [3.63, 3.8) is 0 Å².